The van der Waals surface area contributed by atoms with Gasteiger partial charge in [-0.3, -0.25) is 4.79 Å². The first-order chi connectivity index (χ1) is 6.22. The van der Waals surface area contributed by atoms with Gasteiger partial charge in [0.25, 0.3) is 0 Å². The maximum absolute atomic E-state index is 11.2. The van der Waals surface area contributed by atoms with E-state index in [0.717, 1.165) is 6.42 Å². The molecule has 0 N–H and O–H groups in total. The second-order valence-corrected chi connectivity index (χ2v) is 4.19. The minimum Gasteiger partial charge on any atom is -0.295 e. The van der Waals surface area contributed by atoms with Crippen molar-refractivity contribution in [2.75, 3.05) is 0 Å². The number of unbranched alkanes of at least 4 members (excludes halogenated alkanes) is 1. The highest BCUT2D eigenvalue weighted by atomic mass is 16.1. The van der Waals surface area contributed by atoms with Crippen molar-refractivity contribution in [3.8, 4) is 0 Å². The molecule has 0 heterocycles. The summed E-state index contributed by atoms with van der Waals surface area (Å²) < 4.78 is 0. The van der Waals surface area contributed by atoms with Gasteiger partial charge in [0, 0.05) is 6.42 Å². The molecule has 0 aliphatic heterocycles. The lowest BCUT2D eigenvalue weighted by molar-refractivity contribution is -0.115. The Morgan fingerprint density at radius 3 is 2.54 bits per heavy atom. The van der Waals surface area contributed by atoms with Crippen LogP contribution in [0.3, 0.4) is 0 Å². The third-order valence-electron chi connectivity index (χ3n) is 2.93. The summed E-state index contributed by atoms with van der Waals surface area (Å²) in [6.45, 7) is 4.41. The van der Waals surface area contributed by atoms with Gasteiger partial charge in [0.15, 0.2) is 5.78 Å². The third kappa shape index (κ3) is 2.68. The topological polar surface area (TPSA) is 17.1 Å². The Bertz CT molecular complexity index is 205. The van der Waals surface area contributed by atoms with Gasteiger partial charge in [-0.15, -0.1) is 0 Å². The summed E-state index contributed by atoms with van der Waals surface area (Å²) in [7, 11) is 0. The largest absolute Gasteiger partial charge is 0.295 e. The molecule has 0 spiro atoms. The van der Waals surface area contributed by atoms with Gasteiger partial charge in [-0.1, -0.05) is 39.2 Å². The Kier molecular flexibility index (Phi) is 3.71. The predicted octanol–water partition coefficient (Wildman–Crippen LogP) is 3.49. The van der Waals surface area contributed by atoms with Crippen LogP contribution >= 0.6 is 0 Å². The summed E-state index contributed by atoms with van der Waals surface area (Å²) in [4.78, 5) is 11.2. The van der Waals surface area contributed by atoms with Gasteiger partial charge in [-0.2, -0.15) is 0 Å². The second kappa shape index (κ2) is 4.59. The average Bonchev–Trinajstić information content (AvgIpc) is 2.46. The fraction of sp³-hybridized carbons (Fsp3) is 0.750. The van der Waals surface area contributed by atoms with Crippen molar-refractivity contribution in [1.29, 1.82) is 0 Å². The fourth-order valence-electron chi connectivity index (χ4n) is 2.23. The predicted molar refractivity (Wildman–Crippen MR) is 55.6 cm³/mol. The van der Waals surface area contributed by atoms with Crippen LogP contribution in [-0.4, -0.2) is 5.78 Å². The van der Waals surface area contributed by atoms with Gasteiger partial charge in [0.1, 0.15) is 0 Å². The standard InChI is InChI=1S/C12H20O/c1-3-5-8-12(7-4-2)9-6-11(13)10-12/h6,9H,3-5,7-8,10H2,1-2H3. The first kappa shape index (κ1) is 10.5. The van der Waals surface area contributed by atoms with E-state index in [-0.39, 0.29) is 5.41 Å². The molecule has 13 heavy (non-hydrogen) atoms. The summed E-state index contributed by atoms with van der Waals surface area (Å²) in [6.07, 6.45) is 10.7. The van der Waals surface area contributed by atoms with Crippen molar-refractivity contribution < 1.29 is 4.79 Å². The summed E-state index contributed by atoms with van der Waals surface area (Å²) in [6, 6.07) is 0. The molecule has 1 heteroatoms. The first-order valence-electron chi connectivity index (χ1n) is 5.44. The molecule has 0 fully saturated rings. The van der Waals surface area contributed by atoms with Gasteiger partial charge >= 0.3 is 0 Å². The second-order valence-electron chi connectivity index (χ2n) is 4.19. The molecule has 0 saturated heterocycles. The number of allylic oxidation sites excluding steroid dienone is 2. The number of ketones is 1. The lowest BCUT2D eigenvalue weighted by Crippen LogP contribution is -2.16. The first-order valence-corrected chi connectivity index (χ1v) is 5.44. The minimum absolute atomic E-state index is 0.238. The van der Waals surface area contributed by atoms with Crippen molar-refractivity contribution >= 4 is 5.78 Å². The summed E-state index contributed by atoms with van der Waals surface area (Å²) in [5.74, 6) is 0.324. The van der Waals surface area contributed by atoms with Crippen LogP contribution in [0.2, 0.25) is 0 Å². The molecule has 0 radical (unpaired) electrons. The van der Waals surface area contributed by atoms with Crippen LogP contribution in [0.5, 0.6) is 0 Å². The Morgan fingerprint density at radius 2 is 2.08 bits per heavy atom. The Labute approximate surface area is 81.2 Å². The highest BCUT2D eigenvalue weighted by Gasteiger charge is 2.31. The summed E-state index contributed by atoms with van der Waals surface area (Å²) in [5, 5.41) is 0. The van der Waals surface area contributed by atoms with Crippen LogP contribution < -0.4 is 0 Å². The molecule has 1 aliphatic carbocycles. The number of rotatable bonds is 5. The maximum Gasteiger partial charge on any atom is 0.156 e. The highest BCUT2D eigenvalue weighted by Crippen LogP contribution is 2.39. The molecule has 1 rings (SSSR count). The molecule has 1 aliphatic rings. The SMILES string of the molecule is CCCCC1(CCC)C=CC(=O)C1. The van der Waals surface area contributed by atoms with Crippen LogP contribution in [0.4, 0.5) is 0 Å². The zero-order valence-electron chi connectivity index (χ0n) is 8.81. The lowest BCUT2D eigenvalue weighted by Gasteiger charge is -2.25. The lowest BCUT2D eigenvalue weighted by atomic mass is 9.78. The zero-order chi connectivity index (χ0) is 9.73. The van der Waals surface area contributed by atoms with E-state index in [0.29, 0.717) is 5.78 Å². The van der Waals surface area contributed by atoms with Crippen LogP contribution in [-0.2, 0) is 4.79 Å². The molecule has 0 amide bonds. The van der Waals surface area contributed by atoms with Gasteiger partial charge in [-0.05, 0) is 24.3 Å². The van der Waals surface area contributed by atoms with E-state index in [1.54, 1.807) is 6.08 Å². The van der Waals surface area contributed by atoms with Crippen LogP contribution in [0.15, 0.2) is 12.2 Å². The van der Waals surface area contributed by atoms with E-state index >= 15 is 0 Å². The van der Waals surface area contributed by atoms with Crippen molar-refractivity contribution in [1.82, 2.24) is 0 Å². The van der Waals surface area contributed by atoms with E-state index in [9.17, 15) is 4.79 Å². The van der Waals surface area contributed by atoms with Crippen LogP contribution in [0.1, 0.15) is 52.4 Å². The Balaban J connectivity index is 2.55. The van der Waals surface area contributed by atoms with Crippen LogP contribution in [0.25, 0.3) is 0 Å². The van der Waals surface area contributed by atoms with E-state index in [2.05, 4.69) is 19.9 Å². The number of carbonyl (C=O) groups excluding carboxylic acids is 1. The van der Waals surface area contributed by atoms with Crippen molar-refractivity contribution in [3.05, 3.63) is 12.2 Å². The van der Waals surface area contributed by atoms with Crippen LogP contribution in [0, 0.1) is 5.41 Å². The average molecular weight is 180 g/mol. The molecule has 1 unspecified atom stereocenters. The van der Waals surface area contributed by atoms with E-state index < -0.39 is 0 Å². The van der Waals surface area contributed by atoms with Gasteiger partial charge < -0.3 is 0 Å². The van der Waals surface area contributed by atoms with Crippen molar-refractivity contribution in [2.45, 2.75) is 52.4 Å². The van der Waals surface area contributed by atoms with Gasteiger partial charge in [0.05, 0.1) is 0 Å². The molecule has 74 valence electrons. The maximum atomic E-state index is 11.2. The summed E-state index contributed by atoms with van der Waals surface area (Å²) in [5.41, 5.74) is 0.238. The molecule has 0 saturated carbocycles. The van der Waals surface area contributed by atoms with E-state index in [4.69, 9.17) is 0 Å². The Hall–Kier alpha value is -0.590. The van der Waals surface area contributed by atoms with Crippen molar-refractivity contribution in [2.24, 2.45) is 5.41 Å². The Morgan fingerprint density at radius 1 is 1.31 bits per heavy atom. The minimum atomic E-state index is 0.238. The quantitative estimate of drug-likeness (QED) is 0.633. The molecular weight excluding hydrogens is 160 g/mol. The molecule has 1 nitrogen and oxygen atoms in total. The van der Waals surface area contributed by atoms with E-state index in [1.807, 2.05) is 0 Å². The molecule has 0 aromatic heterocycles. The van der Waals surface area contributed by atoms with Gasteiger partial charge in [-0.25, -0.2) is 0 Å². The number of hydrogen-bond donors (Lipinski definition) is 0. The number of carbonyl (C=O) groups is 1. The smallest absolute Gasteiger partial charge is 0.156 e. The van der Waals surface area contributed by atoms with Gasteiger partial charge in [0.2, 0.25) is 0 Å². The van der Waals surface area contributed by atoms with Crippen molar-refractivity contribution in [3.63, 3.8) is 0 Å². The van der Waals surface area contributed by atoms with E-state index in [1.165, 1.54) is 32.1 Å². The molecular formula is C12H20O. The molecule has 0 aromatic rings. The third-order valence-corrected chi connectivity index (χ3v) is 2.93. The molecule has 1 atom stereocenters. The number of hydrogen-bond acceptors (Lipinski definition) is 1. The molecule has 0 bridgehead atoms. The molecule has 0 aromatic carbocycles. The fourth-order valence-corrected chi connectivity index (χ4v) is 2.23. The highest BCUT2D eigenvalue weighted by molar-refractivity contribution is 5.93. The normalized spacial score (nSPS) is 27.1. The summed E-state index contributed by atoms with van der Waals surface area (Å²) >= 11 is 0. The zero-order valence-corrected chi connectivity index (χ0v) is 8.81. The monoisotopic (exact) mass is 180 g/mol.